The van der Waals surface area contributed by atoms with E-state index in [2.05, 4.69) is 65.4 Å². The molecule has 1 amide bonds. The molecular formula is C28H39N3O. The Balaban J connectivity index is 1.31. The van der Waals surface area contributed by atoms with E-state index in [9.17, 15) is 4.79 Å². The average Bonchev–Trinajstić information content (AvgIpc) is 3.08. The first-order valence-corrected chi connectivity index (χ1v) is 12.6. The van der Waals surface area contributed by atoms with Crippen molar-refractivity contribution in [3.63, 3.8) is 0 Å². The van der Waals surface area contributed by atoms with Crippen molar-refractivity contribution in [2.24, 2.45) is 5.92 Å². The van der Waals surface area contributed by atoms with Gasteiger partial charge in [0.1, 0.15) is 0 Å². The van der Waals surface area contributed by atoms with E-state index in [0.29, 0.717) is 0 Å². The number of benzene rings is 2. The number of carbonyl (C=O) groups is 1. The van der Waals surface area contributed by atoms with E-state index in [0.717, 1.165) is 36.7 Å². The molecule has 2 aliphatic heterocycles. The van der Waals surface area contributed by atoms with Crippen LogP contribution in [0.2, 0.25) is 0 Å². The van der Waals surface area contributed by atoms with Crippen LogP contribution in [-0.4, -0.2) is 37.0 Å². The van der Waals surface area contributed by atoms with Gasteiger partial charge in [-0.2, -0.15) is 0 Å². The standard InChI is InChI=1S/C28H39N3O/c1-22-8-7-19-31(20-22)27-15-13-25(14-16-27)23(2)29-28(32)26-11-9-24(10-12-26)21-30-17-5-3-4-6-18-30/h9-16,22-23H,3-8,17-21H2,1-2H3,(H,29,32)/t22-,23+/m1/s1. The molecule has 0 saturated carbocycles. The molecule has 172 valence electrons. The zero-order valence-corrected chi connectivity index (χ0v) is 19.9. The smallest absolute Gasteiger partial charge is 0.251 e. The van der Waals surface area contributed by atoms with Gasteiger partial charge < -0.3 is 10.2 Å². The predicted octanol–water partition coefficient (Wildman–Crippen LogP) is 5.79. The zero-order valence-electron chi connectivity index (χ0n) is 19.9. The summed E-state index contributed by atoms with van der Waals surface area (Å²) in [7, 11) is 0. The lowest BCUT2D eigenvalue weighted by molar-refractivity contribution is 0.0940. The van der Waals surface area contributed by atoms with Crippen molar-refractivity contribution in [3.8, 4) is 0 Å². The number of likely N-dealkylation sites (tertiary alicyclic amines) is 1. The molecule has 0 aliphatic carbocycles. The number of nitrogens with zero attached hydrogens (tertiary/aromatic N) is 2. The van der Waals surface area contributed by atoms with E-state index >= 15 is 0 Å². The van der Waals surface area contributed by atoms with Crippen molar-refractivity contribution in [2.45, 2.75) is 65.0 Å². The lowest BCUT2D eigenvalue weighted by atomic mass is 9.99. The summed E-state index contributed by atoms with van der Waals surface area (Å²) in [5.74, 6) is 0.755. The highest BCUT2D eigenvalue weighted by Gasteiger charge is 2.17. The fourth-order valence-electron chi connectivity index (χ4n) is 5.08. The molecule has 2 aliphatic rings. The summed E-state index contributed by atoms with van der Waals surface area (Å²) in [6.07, 6.45) is 7.91. The van der Waals surface area contributed by atoms with E-state index in [1.54, 1.807) is 0 Å². The highest BCUT2D eigenvalue weighted by atomic mass is 16.1. The maximum atomic E-state index is 12.8. The van der Waals surface area contributed by atoms with Gasteiger partial charge in [-0.15, -0.1) is 0 Å². The number of nitrogens with one attached hydrogen (secondary N) is 1. The Kier molecular flexibility index (Phi) is 7.85. The fraction of sp³-hybridized carbons (Fsp3) is 0.536. The van der Waals surface area contributed by atoms with Crippen LogP contribution in [0.5, 0.6) is 0 Å². The molecular weight excluding hydrogens is 394 g/mol. The van der Waals surface area contributed by atoms with Crippen LogP contribution in [0.1, 0.15) is 79.9 Å². The van der Waals surface area contributed by atoms with Crippen LogP contribution < -0.4 is 10.2 Å². The summed E-state index contributed by atoms with van der Waals surface area (Å²) in [4.78, 5) is 17.8. The molecule has 4 nitrogen and oxygen atoms in total. The van der Waals surface area contributed by atoms with Gasteiger partial charge >= 0.3 is 0 Å². The number of anilines is 1. The minimum atomic E-state index is -0.0198. The number of amides is 1. The number of hydrogen-bond donors (Lipinski definition) is 1. The van der Waals surface area contributed by atoms with E-state index in [1.807, 2.05) is 12.1 Å². The van der Waals surface area contributed by atoms with Gasteiger partial charge in [0.25, 0.3) is 5.91 Å². The summed E-state index contributed by atoms with van der Waals surface area (Å²) in [5.41, 5.74) is 4.46. The first-order chi connectivity index (χ1) is 15.6. The SMILES string of the molecule is C[C@@H]1CCCN(c2ccc([C@H](C)NC(=O)c3ccc(CN4CCCCCC4)cc3)cc2)C1. The summed E-state index contributed by atoms with van der Waals surface area (Å²) < 4.78 is 0. The van der Waals surface area contributed by atoms with E-state index in [4.69, 9.17) is 0 Å². The zero-order chi connectivity index (χ0) is 22.3. The molecule has 0 radical (unpaired) electrons. The van der Waals surface area contributed by atoms with Gasteiger partial charge in [-0.05, 0) is 87.0 Å². The molecule has 2 aromatic carbocycles. The molecule has 4 rings (SSSR count). The van der Waals surface area contributed by atoms with Crippen LogP contribution in [0.15, 0.2) is 48.5 Å². The van der Waals surface area contributed by atoms with Crippen molar-refractivity contribution in [2.75, 3.05) is 31.1 Å². The maximum absolute atomic E-state index is 12.8. The number of rotatable bonds is 6. The van der Waals surface area contributed by atoms with Gasteiger partial charge in [0.2, 0.25) is 0 Å². The van der Waals surface area contributed by atoms with Gasteiger partial charge in [0.05, 0.1) is 6.04 Å². The largest absolute Gasteiger partial charge is 0.371 e. The number of carbonyl (C=O) groups excluding carboxylic acids is 1. The molecule has 0 spiro atoms. The van der Waals surface area contributed by atoms with E-state index < -0.39 is 0 Å². The topological polar surface area (TPSA) is 35.6 Å². The minimum absolute atomic E-state index is 0.00671. The van der Waals surface area contributed by atoms with Crippen molar-refractivity contribution >= 4 is 11.6 Å². The molecule has 32 heavy (non-hydrogen) atoms. The van der Waals surface area contributed by atoms with E-state index in [1.165, 1.54) is 62.9 Å². The number of piperidine rings is 1. The highest BCUT2D eigenvalue weighted by Crippen LogP contribution is 2.25. The molecule has 2 heterocycles. The lowest BCUT2D eigenvalue weighted by Gasteiger charge is -2.33. The maximum Gasteiger partial charge on any atom is 0.251 e. The molecule has 0 unspecified atom stereocenters. The first kappa shape index (κ1) is 22.8. The Morgan fingerprint density at radius 1 is 0.938 bits per heavy atom. The molecule has 0 bridgehead atoms. The molecule has 2 saturated heterocycles. The van der Waals surface area contributed by atoms with Crippen LogP contribution in [0.3, 0.4) is 0 Å². The van der Waals surface area contributed by atoms with Crippen LogP contribution in [0, 0.1) is 5.92 Å². The van der Waals surface area contributed by atoms with Gasteiger partial charge in [0.15, 0.2) is 0 Å². The van der Waals surface area contributed by atoms with Crippen molar-refractivity contribution in [3.05, 3.63) is 65.2 Å². The van der Waals surface area contributed by atoms with Gasteiger partial charge in [-0.3, -0.25) is 9.69 Å². The van der Waals surface area contributed by atoms with Crippen molar-refractivity contribution in [1.29, 1.82) is 0 Å². The fourth-order valence-corrected chi connectivity index (χ4v) is 5.08. The van der Waals surface area contributed by atoms with Crippen LogP contribution >= 0.6 is 0 Å². The molecule has 0 aromatic heterocycles. The second kappa shape index (κ2) is 11.0. The molecule has 2 atom stereocenters. The van der Waals surface area contributed by atoms with Gasteiger partial charge in [-0.1, -0.05) is 44.0 Å². The van der Waals surface area contributed by atoms with Crippen LogP contribution in [0.25, 0.3) is 0 Å². The quantitative estimate of drug-likeness (QED) is 0.626. The second-order valence-corrected chi connectivity index (χ2v) is 9.87. The molecule has 2 aromatic rings. The van der Waals surface area contributed by atoms with Crippen LogP contribution in [-0.2, 0) is 6.54 Å². The predicted molar refractivity (Wildman–Crippen MR) is 133 cm³/mol. The highest BCUT2D eigenvalue weighted by molar-refractivity contribution is 5.94. The first-order valence-electron chi connectivity index (χ1n) is 12.6. The Morgan fingerprint density at radius 3 is 2.28 bits per heavy atom. The molecule has 2 fully saturated rings. The average molecular weight is 434 g/mol. The second-order valence-electron chi connectivity index (χ2n) is 9.87. The van der Waals surface area contributed by atoms with Gasteiger partial charge in [-0.25, -0.2) is 0 Å². The third kappa shape index (κ3) is 6.13. The minimum Gasteiger partial charge on any atom is -0.371 e. The molecule has 1 N–H and O–H groups in total. The summed E-state index contributed by atoms with van der Waals surface area (Å²) in [6, 6.07) is 16.9. The third-order valence-corrected chi connectivity index (χ3v) is 7.08. The molecule has 4 heteroatoms. The lowest BCUT2D eigenvalue weighted by Crippen LogP contribution is -2.34. The van der Waals surface area contributed by atoms with Crippen molar-refractivity contribution in [1.82, 2.24) is 10.2 Å². The van der Waals surface area contributed by atoms with Crippen LogP contribution in [0.4, 0.5) is 5.69 Å². The van der Waals surface area contributed by atoms with E-state index in [-0.39, 0.29) is 11.9 Å². The summed E-state index contributed by atoms with van der Waals surface area (Å²) in [6.45, 7) is 10.0. The Bertz CT molecular complexity index is 853. The third-order valence-electron chi connectivity index (χ3n) is 7.08. The Hall–Kier alpha value is -2.33. The Labute approximate surface area is 194 Å². The Morgan fingerprint density at radius 2 is 1.62 bits per heavy atom. The van der Waals surface area contributed by atoms with Crippen molar-refractivity contribution < 1.29 is 4.79 Å². The number of hydrogen-bond acceptors (Lipinski definition) is 3. The normalized spacial score (nSPS) is 21.1. The summed E-state index contributed by atoms with van der Waals surface area (Å²) in [5, 5.41) is 3.16. The van der Waals surface area contributed by atoms with Gasteiger partial charge in [0, 0.05) is 30.9 Å². The summed E-state index contributed by atoms with van der Waals surface area (Å²) >= 11 is 0. The monoisotopic (exact) mass is 433 g/mol.